The van der Waals surface area contributed by atoms with Crippen LogP contribution in [-0.4, -0.2) is 17.6 Å². The van der Waals surface area contributed by atoms with Gasteiger partial charge in [0.25, 0.3) is 0 Å². The first-order chi connectivity index (χ1) is 8.15. The van der Waals surface area contributed by atoms with Gasteiger partial charge in [-0.05, 0) is 31.4 Å². The Morgan fingerprint density at radius 2 is 2.24 bits per heavy atom. The van der Waals surface area contributed by atoms with E-state index >= 15 is 0 Å². The minimum absolute atomic E-state index is 0.382. The lowest BCUT2D eigenvalue weighted by Gasteiger charge is -2.27. The van der Waals surface area contributed by atoms with Crippen molar-refractivity contribution >= 4 is 34.5 Å². The Morgan fingerprint density at radius 3 is 2.76 bits per heavy atom. The third kappa shape index (κ3) is 2.72. The maximum absolute atomic E-state index is 6.20. The zero-order chi connectivity index (χ0) is 12.4. The third-order valence-corrected chi connectivity index (χ3v) is 3.52. The molecule has 92 valence electrons. The molecular formula is C13H17ClN2S. The predicted octanol–water partition coefficient (Wildman–Crippen LogP) is 3.35. The van der Waals surface area contributed by atoms with Crippen LogP contribution in [0.5, 0.6) is 0 Å². The number of hydrogen-bond donors (Lipinski definition) is 1. The third-order valence-electron chi connectivity index (χ3n) is 3.00. The summed E-state index contributed by atoms with van der Waals surface area (Å²) in [5.41, 5.74) is 7.71. The molecule has 1 aromatic rings. The van der Waals surface area contributed by atoms with Gasteiger partial charge in [-0.1, -0.05) is 36.8 Å². The summed E-state index contributed by atoms with van der Waals surface area (Å²) in [7, 11) is 0. The second-order valence-corrected chi connectivity index (χ2v) is 5.27. The van der Waals surface area contributed by atoms with Gasteiger partial charge in [-0.2, -0.15) is 0 Å². The molecule has 0 aromatic heterocycles. The Hall–Kier alpha value is -0.800. The molecule has 1 aliphatic carbocycles. The van der Waals surface area contributed by atoms with E-state index in [0.717, 1.165) is 24.2 Å². The molecule has 4 heteroatoms. The summed E-state index contributed by atoms with van der Waals surface area (Å²) in [6.07, 6.45) is 3.62. The topological polar surface area (TPSA) is 29.3 Å². The average Bonchev–Trinajstić information content (AvgIpc) is 3.08. The molecule has 0 spiro atoms. The fourth-order valence-corrected chi connectivity index (χ4v) is 2.66. The Kier molecular flexibility index (Phi) is 3.89. The normalized spacial score (nSPS) is 14.7. The van der Waals surface area contributed by atoms with Crippen LogP contribution in [0.1, 0.15) is 31.7 Å². The summed E-state index contributed by atoms with van der Waals surface area (Å²) < 4.78 is 0. The van der Waals surface area contributed by atoms with E-state index in [4.69, 9.17) is 29.6 Å². The van der Waals surface area contributed by atoms with Gasteiger partial charge in [-0.15, -0.1) is 0 Å². The van der Waals surface area contributed by atoms with E-state index in [-0.39, 0.29) is 0 Å². The molecule has 17 heavy (non-hydrogen) atoms. The average molecular weight is 269 g/mol. The quantitative estimate of drug-likeness (QED) is 0.831. The van der Waals surface area contributed by atoms with Gasteiger partial charge in [0.05, 0.1) is 10.6 Å². The van der Waals surface area contributed by atoms with Gasteiger partial charge in [0.15, 0.2) is 0 Å². The standard InChI is InChI=1S/C13H17ClN2S/c1-2-8-16(9-6-7-9)11-5-3-4-10(14)12(11)13(15)17/h3-5,9H,2,6-8H2,1H3,(H2,15,17). The van der Waals surface area contributed by atoms with E-state index in [2.05, 4.69) is 17.9 Å². The summed E-state index contributed by atoms with van der Waals surface area (Å²) in [5.74, 6) is 0. The zero-order valence-electron chi connectivity index (χ0n) is 9.95. The zero-order valence-corrected chi connectivity index (χ0v) is 11.5. The van der Waals surface area contributed by atoms with Gasteiger partial charge < -0.3 is 10.6 Å². The van der Waals surface area contributed by atoms with E-state index in [1.54, 1.807) is 0 Å². The Bertz CT molecular complexity index is 429. The van der Waals surface area contributed by atoms with Crippen molar-refractivity contribution in [3.63, 3.8) is 0 Å². The molecule has 0 amide bonds. The van der Waals surface area contributed by atoms with Crippen molar-refractivity contribution in [2.45, 2.75) is 32.2 Å². The molecule has 0 bridgehead atoms. The van der Waals surface area contributed by atoms with Crippen molar-refractivity contribution in [2.75, 3.05) is 11.4 Å². The first kappa shape index (κ1) is 12.7. The number of rotatable bonds is 5. The van der Waals surface area contributed by atoms with Crippen LogP contribution in [0.4, 0.5) is 5.69 Å². The van der Waals surface area contributed by atoms with E-state index < -0.39 is 0 Å². The van der Waals surface area contributed by atoms with Crippen LogP contribution in [0.2, 0.25) is 5.02 Å². The number of thiocarbonyl (C=S) groups is 1. The molecule has 0 heterocycles. The summed E-state index contributed by atoms with van der Waals surface area (Å²) in [6, 6.07) is 6.51. The minimum Gasteiger partial charge on any atom is -0.389 e. The van der Waals surface area contributed by atoms with Gasteiger partial charge in [-0.25, -0.2) is 0 Å². The molecule has 1 aromatic carbocycles. The first-order valence-corrected chi connectivity index (χ1v) is 6.78. The number of hydrogen-bond acceptors (Lipinski definition) is 2. The van der Waals surface area contributed by atoms with E-state index in [0.29, 0.717) is 16.1 Å². The smallest absolute Gasteiger partial charge is 0.107 e. The highest BCUT2D eigenvalue weighted by Crippen LogP contribution is 2.36. The lowest BCUT2D eigenvalue weighted by atomic mass is 10.1. The van der Waals surface area contributed by atoms with Crippen LogP contribution in [0.15, 0.2) is 18.2 Å². The highest BCUT2D eigenvalue weighted by molar-refractivity contribution is 7.80. The van der Waals surface area contributed by atoms with Crippen LogP contribution in [0.3, 0.4) is 0 Å². The van der Waals surface area contributed by atoms with Crippen LogP contribution in [0.25, 0.3) is 0 Å². The van der Waals surface area contributed by atoms with Crippen molar-refractivity contribution in [1.29, 1.82) is 0 Å². The number of nitrogens with two attached hydrogens (primary N) is 1. The number of benzene rings is 1. The molecule has 0 atom stereocenters. The van der Waals surface area contributed by atoms with E-state index in [9.17, 15) is 0 Å². The first-order valence-electron chi connectivity index (χ1n) is 6.00. The summed E-state index contributed by atoms with van der Waals surface area (Å²) >= 11 is 11.3. The van der Waals surface area contributed by atoms with Crippen molar-refractivity contribution in [1.82, 2.24) is 0 Å². The highest BCUT2D eigenvalue weighted by Gasteiger charge is 2.30. The van der Waals surface area contributed by atoms with Crippen LogP contribution in [-0.2, 0) is 0 Å². The van der Waals surface area contributed by atoms with Gasteiger partial charge in [0.2, 0.25) is 0 Å². The predicted molar refractivity (Wildman–Crippen MR) is 78.0 cm³/mol. The fraction of sp³-hybridized carbons (Fsp3) is 0.462. The van der Waals surface area contributed by atoms with Crippen molar-refractivity contribution in [3.8, 4) is 0 Å². The van der Waals surface area contributed by atoms with E-state index in [1.165, 1.54) is 12.8 Å². The maximum atomic E-state index is 6.20. The maximum Gasteiger partial charge on any atom is 0.107 e. The van der Waals surface area contributed by atoms with Gasteiger partial charge in [0.1, 0.15) is 4.99 Å². The Labute approximate surface area is 113 Å². The molecule has 1 saturated carbocycles. The monoisotopic (exact) mass is 268 g/mol. The van der Waals surface area contributed by atoms with Gasteiger partial charge >= 0.3 is 0 Å². The molecule has 2 N–H and O–H groups in total. The Balaban J connectivity index is 2.41. The highest BCUT2D eigenvalue weighted by atomic mass is 35.5. The molecule has 2 rings (SSSR count). The number of anilines is 1. The van der Waals surface area contributed by atoms with Crippen LogP contribution >= 0.6 is 23.8 Å². The van der Waals surface area contributed by atoms with Gasteiger partial charge in [0, 0.05) is 18.3 Å². The van der Waals surface area contributed by atoms with Crippen molar-refractivity contribution < 1.29 is 0 Å². The SMILES string of the molecule is CCCN(c1cccc(Cl)c1C(N)=S)C1CC1. The molecule has 1 aliphatic rings. The summed E-state index contributed by atoms with van der Waals surface area (Å²) in [4.78, 5) is 2.77. The lowest BCUT2D eigenvalue weighted by molar-refractivity contribution is 0.762. The Morgan fingerprint density at radius 1 is 1.53 bits per heavy atom. The minimum atomic E-state index is 0.382. The number of halogens is 1. The molecular weight excluding hydrogens is 252 g/mol. The molecule has 0 saturated heterocycles. The van der Waals surface area contributed by atoms with Gasteiger partial charge in [-0.3, -0.25) is 0 Å². The number of nitrogens with zero attached hydrogens (tertiary/aromatic N) is 1. The second-order valence-electron chi connectivity index (χ2n) is 4.42. The van der Waals surface area contributed by atoms with Crippen LogP contribution < -0.4 is 10.6 Å². The molecule has 0 aliphatic heterocycles. The lowest BCUT2D eigenvalue weighted by Crippen LogP contribution is -2.29. The molecule has 2 nitrogen and oxygen atoms in total. The fourth-order valence-electron chi connectivity index (χ4n) is 2.12. The van der Waals surface area contributed by atoms with Crippen molar-refractivity contribution in [3.05, 3.63) is 28.8 Å². The largest absolute Gasteiger partial charge is 0.389 e. The van der Waals surface area contributed by atoms with Crippen LogP contribution in [0, 0.1) is 0 Å². The summed E-state index contributed by atoms with van der Waals surface area (Å²) in [5, 5.41) is 0.650. The van der Waals surface area contributed by atoms with Crippen molar-refractivity contribution in [2.24, 2.45) is 5.73 Å². The second kappa shape index (κ2) is 5.23. The molecule has 0 unspecified atom stereocenters. The molecule has 0 radical (unpaired) electrons. The van der Waals surface area contributed by atoms with E-state index in [1.807, 2.05) is 12.1 Å². The molecule has 1 fully saturated rings. The summed E-state index contributed by atoms with van der Waals surface area (Å²) in [6.45, 7) is 3.21.